The van der Waals surface area contributed by atoms with Crippen LogP contribution in [0, 0.1) is 28.1 Å². The van der Waals surface area contributed by atoms with Crippen molar-refractivity contribution in [1.82, 2.24) is 0 Å². The summed E-state index contributed by atoms with van der Waals surface area (Å²) in [5, 5.41) is 19.6. The second-order valence-corrected chi connectivity index (χ2v) is 6.95. The van der Waals surface area contributed by atoms with Crippen LogP contribution in [-0.2, 0) is 4.74 Å². The van der Waals surface area contributed by atoms with Crippen LogP contribution in [0.4, 0.5) is 0 Å². The summed E-state index contributed by atoms with van der Waals surface area (Å²) in [6.07, 6.45) is 0. The topological polar surface area (TPSA) is 111 Å². The number of nitriles is 2. The summed E-state index contributed by atoms with van der Waals surface area (Å²) in [5.41, 5.74) is 6.56. The van der Waals surface area contributed by atoms with E-state index < -0.39 is 11.3 Å². The van der Waals surface area contributed by atoms with Gasteiger partial charge in [-0.25, -0.2) is 0 Å². The quantitative estimate of drug-likeness (QED) is 0.866. The van der Waals surface area contributed by atoms with Crippen molar-refractivity contribution in [1.29, 1.82) is 10.5 Å². The molecule has 1 aliphatic heterocycles. The first-order valence-corrected chi connectivity index (χ1v) is 8.26. The Labute approximate surface area is 159 Å². The van der Waals surface area contributed by atoms with Crippen molar-refractivity contribution < 1.29 is 18.9 Å². The maximum atomic E-state index is 9.89. The Kier molecular flexibility index (Phi) is 5.56. The third-order valence-electron chi connectivity index (χ3n) is 4.27. The predicted octanol–water partition coefficient (Wildman–Crippen LogP) is 3.34. The third-order valence-corrected chi connectivity index (χ3v) is 4.27. The van der Waals surface area contributed by atoms with Crippen molar-refractivity contribution in [3.05, 3.63) is 40.5 Å². The minimum Gasteiger partial charge on any atom is -0.493 e. The zero-order chi connectivity index (χ0) is 20.4. The molecule has 1 heterocycles. The SMILES string of the molecule is COc1ccc([C@@H]2C(C#N)=C(N)OC(C(C)(C)C)=C2C#N)c(OC)c1OC. The summed E-state index contributed by atoms with van der Waals surface area (Å²) in [6.45, 7) is 5.73. The molecule has 0 saturated heterocycles. The van der Waals surface area contributed by atoms with Crippen molar-refractivity contribution in [2.24, 2.45) is 11.1 Å². The minimum atomic E-state index is -0.738. The van der Waals surface area contributed by atoms with Gasteiger partial charge in [-0.05, 0) is 6.07 Å². The molecule has 1 aromatic rings. The van der Waals surface area contributed by atoms with E-state index in [0.29, 0.717) is 34.1 Å². The second-order valence-electron chi connectivity index (χ2n) is 6.95. The molecule has 0 aromatic heterocycles. The molecule has 0 unspecified atom stereocenters. The maximum Gasteiger partial charge on any atom is 0.205 e. The predicted molar refractivity (Wildman–Crippen MR) is 98.8 cm³/mol. The normalized spacial score (nSPS) is 17.0. The largest absolute Gasteiger partial charge is 0.493 e. The Morgan fingerprint density at radius 2 is 1.56 bits per heavy atom. The molecule has 7 nitrogen and oxygen atoms in total. The lowest BCUT2D eigenvalue weighted by atomic mass is 9.78. The molecule has 0 spiro atoms. The van der Waals surface area contributed by atoms with Crippen LogP contribution >= 0.6 is 0 Å². The molecule has 0 fully saturated rings. The molecule has 27 heavy (non-hydrogen) atoms. The average molecular weight is 369 g/mol. The third kappa shape index (κ3) is 3.37. The summed E-state index contributed by atoms with van der Waals surface area (Å²) in [5.74, 6) is 0.864. The van der Waals surface area contributed by atoms with E-state index in [1.54, 1.807) is 12.1 Å². The molecule has 2 rings (SSSR count). The highest BCUT2D eigenvalue weighted by Crippen LogP contribution is 2.50. The van der Waals surface area contributed by atoms with E-state index in [9.17, 15) is 10.5 Å². The van der Waals surface area contributed by atoms with Gasteiger partial charge in [0.1, 0.15) is 17.4 Å². The molecule has 1 atom stereocenters. The van der Waals surface area contributed by atoms with E-state index in [2.05, 4.69) is 12.1 Å². The molecule has 1 aliphatic rings. The highest BCUT2D eigenvalue weighted by atomic mass is 16.5. The van der Waals surface area contributed by atoms with Gasteiger partial charge in [0.05, 0.1) is 38.9 Å². The molecule has 0 saturated carbocycles. The van der Waals surface area contributed by atoms with Crippen LogP contribution in [0.25, 0.3) is 0 Å². The van der Waals surface area contributed by atoms with Gasteiger partial charge in [-0.3, -0.25) is 0 Å². The smallest absolute Gasteiger partial charge is 0.205 e. The molecule has 0 aliphatic carbocycles. The van der Waals surface area contributed by atoms with Crippen LogP contribution in [0.2, 0.25) is 0 Å². The van der Waals surface area contributed by atoms with Crippen molar-refractivity contribution in [3.63, 3.8) is 0 Å². The zero-order valence-corrected chi connectivity index (χ0v) is 16.3. The Balaban J connectivity index is 2.88. The molecule has 0 radical (unpaired) electrons. The van der Waals surface area contributed by atoms with E-state index in [1.807, 2.05) is 20.8 Å². The van der Waals surface area contributed by atoms with Gasteiger partial charge in [-0.2, -0.15) is 10.5 Å². The summed E-state index contributed by atoms with van der Waals surface area (Å²) < 4.78 is 22.0. The van der Waals surface area contributed by atoms with Crippen molar-refractivity contribution in [2.45, 2.75) is 26.7 Å². The number of nitrogens with two attached hydrogens (primary N) is 1. The van der Waals surface area contributed by atoms with Crippen LogP contribution in [0.1, 0.15) is 32.3 Å². The highest BCUT2D eigenvalue weighted by Gasteiger charge is 2.39. The monoisotopic (exact) mass is 369 g/mol. The average Bonchev–Trinajstić information content (AvgIpc) is 2.64. The number of allylic oxidation sites excluding steroid dienone is 3. The van der Waals surface area contributed by atoms with Gasteiger partial charge in [0.15, 0.2) is 11.5 Å². The van der Waals surface area contributed by atoms with Crippen LogP contribution in [0.3, 0.4) is 0 Å². The molecule has 1 aromatic carbocycles. The lowest BCUT2D eigenvalue weighted by Crippen LogP contribution is -2.26. The van der Waals surface area contributed by atoms with E-state index in [0.717, 1.165) is 0 Å². The van der Waals surface area contributed by atoms with E-state index in [4.69, 9.17) is 24.7 Å². The first-order chi connectivity index (χ1) is 12.7. The van der Waals surface area contributed by atoms with Gasteiger partial charge in [-0.1, -0.05) is 26.8 Å². The fourth-order valence-corrected chi connectivity index (χ4v) is 3.09. The van der Waals surface area contributed by atoms with Crippen molar-refractivity contribution >= 4 is 0 Å². The van der Waals surface area contributed by atoms with Crippen LogP contribution < -0.4 is 19.9 Å². The number of ether oxygens (including phenoxy) is 4. The second kappa shape index (κ2) is 7.51. The number of rotatable bonds is 4. The molecular formula is C20H23N3O4. The van der Waals surface area contributed by atoms with Gasteiger partial charge >= 0.3 is 0 Å². The van der Waals surface area contributed by atoms with Crippen LogP contribution in [0.15, 0.2) is 34.9 Å². The Morgan fingerprint density at radius 3 is 2.00 bits per heavy atom. The van der Waals surface area contributed by atoms with Gasteiger partial charge in [0.25, 0.3) is 0 Å². The summed E-state index contributed by atoms with van der Waals surface area (Å²) in [6, 6.07) is 7.70. The maximum absolute atomic E-state index is 9.89. The highest BCUT2D eigenvalue weighted by molar-refractivity contribution is 5.63. The van der Waals surface area contributed by atoms with E-state index >= 15 is 0 Å². The Hall–Kier alpha value is -3.32. The number of nitrogens with zero attached hydrogens (tertiary/aromatic N) is 2. The Morgan fingerprint density at radius 1 is 0.963 bits per heavy atom. The summed E-state index contributed by atoms with van der Waals surface area (Å²) in [7, 11) is 4.49. The molecule has 2 N–H and O–H groups in total. The molecule has 0 amide bonds. The minimum absolute atomic E-state index is 0.0248. The van der Waals surface area contributed by atoms with E-state index in [-0.39, 0.29) is 11.5 Å². The first-order valence-electron chi connectivity index (χ1n) is 8.26. The van der Waals surface area contributed by atoms with E-state index in [1.165, 1.54) is 21.3 Å². The van der Waals surface area contributed by atoms with Gasteiger partial charge < -0.3 is 24.7 Å². The summed E-state index contributed by atoms with van der Waals surface area (Å²) in [4.78, 5) is 0. The molecule has 7 heteroatoms. The van der Waals surface area contributed by atoms with Crippen molar-refractivity contribution in [3.8, 4) is 29.4 Å². The number of benzene rings is 1. The number of hydrogen-bond donors (Lipinski definition) is 1. The molecule has 142 valence electrons. The van der Waals surface area contributed by atoms with Crippen LogP contribution in [-0.4, -0.2) is 21.3 Å². The standard InChI is InChI=1S/C20H23N3O4/c1-20(2,3)18-12(9-21)15(13(10-22)19(23)27-18)11-7-8-14(24-4)17(26-6)16(11)25-5/h7-8,15H,23H2,1-6H3/t15-/m0/s1. The fraction of sp³-hybridized carbons (Fsp3) is 0.400. The Bertz CT molecular complexity index is 896. The summed E-state index contributed by atoms with van der Waals surface area (Å²) >= 11 is 0. The number of hydrogen-bond acceptors (Lipinski definition) is 7. The van der Waals surface area contributed by atoms with Crippen molar-refractivity contribution in [2.75, 3.05) is 21.3 Å². The zero-order valence-electron chi connectivity index (χ0n) is 16.3. The first kappa shape index (κ1) is 20.0. The number of methoxy groups -OCH3 is 3. The lowest BCUT2D eigenvalue weighted by Gasteiger charge is -2.32. The fourth-order valence-electron chi connectivity index (χ4n) is 3.09. The molecular weight excluding hydrogens is 346 g/mol. The van der Waals surface area contributed by atoms with Crippen LogP contribution in [0.5, 0.6) is 17.2 Å². The van der Waals surface area contributed by atoms with Gasteiger partial charge in [-0.15, -0.1) is 0 Å². The molecule has 0 bridgehead atoms. The lowest BCUT2D eigenvalue weighted by molar-refractivity contribution is 0.199. The van der Waals surface area contributed by atoms with Gasteiger partial charge in [0, 0.05) is 11.0 Å². The van der Waals surface area contributed by atoms with Gasteiger partial charge in [0.2, 0.25) is 11.6 Å².